The number of rotatable bonds is 2. The first-order chi connectivity index (χ1) is 10.4. The highest BCUT2D eigenvalue weighted by Gasteiger charge is 2.16. The maximum absolute atomic E-state index is 13.9. The zero-order chi connectivity index (χ0) is 16.3. The Morgan fingerprint density at radius 1 is 1.14 bits per heavy atom. The second-order valence-electron chi connectivity index (χ2n) is 4.31. The van der Waals surface area contributed by atoms with Crippen LogP contribution in [0, 0.1) is 28.8 Å². The molecule has 2 rings (SSSR count). The van der Waals surface area contributed by atoms with Crippen LogP contribution in [-0.2, 0) is 0 Å². The van der Waals surface area contributed by atoms with Crippen LogP contribution in [0.3, 0.4) is 0 Å². The van der Waals surface area contributed by atoms with E-state index in [1.807, 2.05) is 0 Å². The van der Waals surface area contributed by atoms with Crippen LogP contribution in [0.25, 0.3) is 0 Å². The molecule has 0 aliphatic heterocycles. The Bertz CT molecular complexity index is 767. The van der Waals surface area contributed by atoms with Crippen molar-refractivity contribution in [3.8, 4) is 6.07 Å². The van der Waals surface area contributed by atoms with Crippen LogP contribution in [0.1, 0.15) is 5.56 Å². The molecule has 112 valence electrons. The summed E-state index contributed by atoms with van der Waals surface area (Å²) in [6, 6.07) is 8.36. The first-order valence-corrected chi connectivity index (χ1v) is 6.43. The van der Waals surface area contributed by atoms with Gasteiger partial charge in [-0.25, -0.2) is 18.2 Å². The SMILES string of the molecule is CN(C(Cl)=Nc1ccc(F)cc1)c1cc(F)c(C#N)cc1F. The Labute approximate surface area is 129 Å². The van der Waals surface area contributed by atoms with E-state index in [0.717, 1.165) is 17.0 Å². The van der Waals surface area contributed by atoms with Crippen LogP contribution < -0.4 is 4.90 Å². The van der Waals surface area contributed by atoms with E-state index in [1.165, 1.54) is 31.3 Å². The molecule has 0 saturated heterocycles. The van der Waals surface area contributed by atoms with E-state index in [1.54, 1.807) is 6.07 Å². The highest BCUT2D eigenvalue weighted by atomic mass is 35.5. The molecule has 0 radical (unpaired) electrons. The summed E-state index contributed by atoms with van der Waals surface area (Å²) in [4.78, 5) is 5.09. The van der Waals surface area contributed by atoms with Gasteiger partial charge < -0.3 is 4.90 Å². The second kappa shape index (κ2) is 6.50. The van der Waals surface area contributed by atoms with Crippen molar-refractivity contribution in [2.24, 2.45) is 4.99 Å². The van der Waals surface area contributed by atoms with Gasteiger partial charge in [0.2, 0.25) is 5.29 Å². The molecule has 0 fully saturated rings. The molecule has 22 heavy (non-hydrogen) atoms. The first-order valence-electron chi connectivity index (χ1n) is 6.05. The summed E-state index contributed by atoms with van der Waals surface area (Å²) in [6.45, 7) is 0. The van der Waals surface area contributed by atoms with Gasteiger partial charge in [0.05, 0.1) is 16.9 Å². The largest absolute Gasteiger partial charge is 0.317 e. The van der Waals surface area contributed by atoms with Crippen LogP contribution in [0.2, 0.25) is 0 Å². The summed E-state index contributed by atoms with van der Waals surface area (Å²) in [6.07, 6.45) is 0. The van der Waals surface area contributed by atoms with Crippen LogP contribution >= 0.6 is 11.6 Å². The Kier molecular flexibility index (Phi) is 4.68. The molecule has 2 aromatic carbocycles. The molecule has 0 amide bonds. The van der Waals surface area contributed by atoms with E-state index in [2.05, 4.69) is 4.99 Å². The summed E-state index contributed by atoms with van der Waals surface area (Å²) < 4.78 is 40.3. The third-order valence-electron chi connectivity index (χ3n) is 2.84. The number of nitrogens with zero attached hydrogens (tertiary/aromatic N) is 3. The maximum atomic E-state index is 13.9. The molecule has 0 atom stereocenters. The van der Waals surface area contributed by atoms with Crippen molar-refractivity contribution in [3.05, 3.63) is 59.4 Å². The Balaban J connectivity index is 2.35. The van der Waals surface area contributed by atoms with Gasteiger partial charge in [-0.05, 0) is 41.9 Å². The highest BCUT2D eigenvalue weighted by Crippen LogP contribution is 2.24. The molecule has 0 aliphatic rings. The fourth-order valence-corrected chi connectivity index (χ4v) is 1.86. The van der Waals surface area contributed by atoms with Gasteiger partial charge in [0, 0.05) is 13.1 Å². The van der Waals surface area contributed by atoms with Crippen LogP contribution in [0.15, 0.2) is 41.4 Å². The van der Waals surface area contributed by atoms with Crippen molar-refractivity contribution in [2.45, 2.75) is 0 Å². The number of hydrogen-bond donors (Lipinski definition) is 0. The lowest BCUT2D eigenvalue weighted by Gasteiger charge is -2.18. The molecule has 0 unspecified atom stereocenters. The van der Waals surface area contributed by atoms with Crippen molar-refractivity contribution >= 4 is 28.3 Å². The van der Waals surface area contributed by atoms with E-state index in [-0.39, 0.29) is 11.0 Å². The predicted molar refractivity (Wildman–Crippen MR) is 78.8 cm³/mol. The molecule has 0 bridgehead atoms. The first kappa shape index (κ1) is 15.9. The molecule has 7 heteroatoms. The Morgan fingerprint density at radius 2 is 1.77 bits per heavy atom. The summed E-state index contributed by atoms with van der Waals surface area (Å²) >= 11 is 5.97. The van der Waals surface area contributed by atoms with Crippen LogP contribution in [0.4, 0.5) is 24.5 Å². The summed E-state index contributed by atoms with van der Waals surface area (Å²) in [5, 5.41) is 8.50. The van der Waals surface area contributed by atoms with Gasteiger partial charge in [-0.1, -0.05) is 0 Å². The zero-order valence-electron chi connectivity index (χ0n) is 11.3. The summed E-state index contributed by atoms with van der Waals surface area (Å²) in [7, 11) is 1.39. The van der Waals surface area contributed by atoms with Crippen LogP contribution in [-0.4, -0.2) is 12.3 Å². The Morgan fingerprint density at radius 3 is 2.36 bits per heavy atom. The lowest BCUT2D eigenvalue weighted by Crippen LogP contribution is -2.22. The van der Waals surface area contributed by atoms with Crippen molar-refractivity contribution in [2.75, 3.05) is 11.9 Å². The molecule has 2 aromatic rings. The van der Waals surface area contributed by atoms with Crippen molar-refractivity contribution in [1.82, 2.24) is 0 Å². The number of nitriles is 1. The van der Waals surface area contributed by atoms with E-state index in [4.69, 9.17) is 16.9 Å². The summed E-state index contributed by atoms with van der Waals surface area (Å²) in [5.74, 6) is -2.10. The predicted octanol–water partition coefficient (Wildman–Crippen LogP) is 4.34. The fraction of sp³-hybridized carbons (Fsp3) is 0.0667. The molecule has 0 aliphatic carbocycles. The van der Waals surface area contributed by atoms with Gasteiger partial charge in [-0.3, -0.25) is 0 Å². The molecule has 0 spiro atoms. The number of anilines is 1. The lowest BCUT2D eigenvalue weighted by atomic mass is 10.2. The van der Waals surface area contributed by atoms with Gasteiger partial charge in [-0.2, -0.15) is 5.26 Å². The monoisotopic (exact) mass is 323 g/mol. The molecular formula is C15H9ClF3N3. The Hall–Kier alpha value is -2.52. The van der Waals surface area contributed by atoms with Crippen molar-refractivity contribution in [1.29, 1.82) is 5.26 Å². The third-order valence-corrected chi connectivity index (χ3v) is 3.18. The smallest absolute Gasteiger partial charge is 0.203 e. The van der Waals surface area contributed by atoms with Gasteiger partial charge >= 0.3 is 0 Å². The number of benzene rings is 2. The molecular weight excluding hydrogens is 315 g/mol. The maximum Gasteiger partial charge on any atom is 0.203 e. The number of amidine groups is 1. The van der Waals surface area contributed by atoms with E-state index >= 15 is 0 Å². The minimum Gasteiger partial charge on any atom is -0.317 e. The standard InChI is InChI=1S/C15H9ClF3N3/c1-22(14-7-12(18)9(8-20)6-13(14)19)15(16)21-11-4-2-10(17)3-5-11/h2-7H,1H3. The lowest BCUT2D eigenvalue weighted by molar-refractivity contribution is 0.598. The average Bonchev–Trinajstić information content (AvgIpc) is 2.50. The molecule has 0 aromatic heterocycles. The van der Waals surface area contributed by atoms with E-state index in [9.17, 15) is 13.2 Å². The van der Waals surface area contributed by atoms with Gasteiger partial charge in [-0.15, -0.1) is 0 Å². The zero-order valence-corrected chi connectivity index (χ0v) is 12.1. The number of aliphatic imine (C=N–C) groups is 1. The van der Waals surface area contributed by atoms with Gasteiger partial charge in [0.25, 0.3) is 0 Å². The van der Waals surface area contributed by atoms with E-state index in [0.29, 0.717) is 5.69 Å². The quantitative estimate of drug-likeness (QED) is 0.468. The van der Waals surface area contributed by atoms with Gasteiger partial charge in [0.1, 0.15) is 23.5 Å². The summed E-state index contributed by atoms with van der Waals surface area (Å²) in [5.41, 5.74) is -0.221. The number of halogens is 4. The third kappa shape index (κ3) is 3.38. The van der Waals surface area contributed by atoms with E-state index < -0.39 is 23.0 Å². The molecule has 0 heterocycles. The second-order valence-corrected chi connectivity index (χ2v) is 4.65. The topological polar surface area (TPSA) is 39.4 Å². The molecule has 0 saturated carbocycles. The van der Waals surface area contributed by atoms with Gasteiger partial charge in [0.15, 0.2) is 0 Å². The highest BCUT2D eigenvalue weighted by molar-refractivity contribution is 6.68. The fourth-order valence-electron chi connectivity index (χ4n) is 1.68. The average molecular weight is 324 g/mol. The van der Waals surface area contributed by atoms with Crippen molar-refractivity contribution < 1.29 is 13.2 Å². The minimum absolute atomic E-state index is 0.144. The minimum atomic E-state index is -0.864. The number of hydrogen-bond acceptors (Lipinski definition) is 2. The normalized spacial score (nSPS) is 11.2. The van der Waals surface area contributed by atoms with Crippen molar-refractivity contribution in [3.63, 3.8) is 0 Å². The molecule has 0 N–H and O–H groups in total. The molecule has 3 nitrogen and oxygen atoms in total. The van der Waals surface area contributed by atoms with Crippen LogP contribution in [0.5, 0.6) is 0 Å².